The van der Waals surface area contributed by atoms with Crippen molar-refractivity contribution in [2.75, 3.05) is 12.4 Å². The summed E-state index contributed by atoms with van der Waals surface area (Å²) in [6.07, 6.45) is 1.16. The van der Waals surface area contributed by atoms with E-state index >= 15 is 0 Å². The molecule has 1 atom stereocenters. The number of halogens is 1. The first-order chi connectivity index (χ1) is 9.32. The van der Waals surface area contributed by atoms with Crippen molar-refractivity contribution in [3.8, 4) is 0 Å². The molecule has 1 aliphatic rings. The lowest BCUT2D eigenvalue weighted by Gasteiger charge is -2.13. The van der Waals surface area contributed by atoms with Crippen LogP contribution in [0.15, 0.2) is 10.7 Å². The van der Waals surface area contributed by atoms with Crippen molar-refractivity contribution >= 4 is 39.2 Å². The zero-order valence-electron chi connectivity index (χ0n) is 10.7. The molecule has 2 amide bonds. The second-order valence-electron chi connectivity index (χ2n) is 4.38. The summed E-state index contributed by atoms with van der Waals surface area (Å²) in [5.74, 6) is -0.323. The van der Waals surface area contributed by atoms with Crippen LogP contribution in [0.2, 0.25) is 0 Å². The summed E-state index contributed by atoms with van der Waals surface area (Å²) in [6.45, 7) is 1.57. The van der Waals surface area contributed by atoms with Crippen molar-refractivity contribution in [2.45, 2.75) is 19.4 Å². The van der Waals surface area contributed by atoms with E-state index in [0.717, 1.165) is 11.1 Å². The number of hydrogen-bond donors (Lipinski definition) is 1. The Morgan fingerprint density at radius 2 is 2.20 bits per heavy atom. The van der Waals surface area contributed by atoms with Crippen molar-refractivity contribution in [3.63, 3.8) is 0 Å². The number of nitrogens with one attached hydrogen (secondary N) is 1. The van der Waals surface area contributed by atoms with Crippen molar-refractivity contribution in [1.82, 2.24) is 9.88 Å². The van der Waals surface area contributed by atoms with Gasteiger partial charge in [0, 0.05) is 12.6 Å². The highest BCUT2D eigenvalue weighted by atomic mass is 79.9. The van der Waals surface area contributed by atoms with Gasteiger partial charge >= 0.3 is 0 Å². The first-order valence-corrected chi connectivity index (χ1v) is 6.48. The Labute approximate surface area is 122 Å². The van der Waals surface area contributed by atoms with Gasteiger partial charge in [-0.1, -0.05) is 0 Å². The predicted octanol–water partition coefficient (Wildman–Crippen LogP) is 1.23. The highest BCUT2D eigenvalue weighted by Crippen LogP contribution is 2.31. The Bertz CT molecular complexity index is 619. The minimum Gasteiger partial charge on any atom is -0.357 e. The van der Waals surface area contributed by atoms with Gasteiger partial charge in [0.15, 0.2) is 0 Å². The highest BCUT2D eigenvalue weighted by Gasteiger charge is 2.36. The van der Waals surface area contributed by atoms with E-state index in [1.807, 2.05) is 0 Å². The predicted molar refractivity (Wildman–Crippen MR) is 73.1 cm³/mol. The highest BCUT2D eigenvalue weighted by molar-refractivity contribution is 9.10. The molecule has 1 aromatic rings. The third-order valence-corrected chi connectivity index (χ3v) is 4.10. The molecule has 106 valence electrons. The third-order valence-electron chi connectivity index (χ3n) is 3.13. The number of carbonyl (C=O) groups is 2. The summed E-state index contributed by atoms with van der Waals surface area (Å²) in [4.78, 5) is 38.4. The van der Waals surface area contributed by atoms with Crippen molar-refractivity contribution in [1.29, 1.82) is 0 Å². The van der Waals surface area contributed by atoms with E-state index in [0.29, 0.717) is 15.9 Å². The molecular formula is C11H11BrN4O4. The maximum atomic E-state index is 11.8. The fraction of sp³-hybridized carbons (Fsp3) is 0.364. The van der Waals surface area contributed by atoms with Crippen LogP contribution in [-0.2, 0) is 9.59 Å². The first-order valence-electron chi connectivity index (χ1n) is 5.69. The van der Waals surface area contributed by atoms with Gasteiger partial charge in [-0.2, -0.15) is 0 Å². The average molecular weight is 343 g/mol. The zero-order valence-corrected chi connectivity index (χ0v) is 12.3. The monoisotopic (exact) mass is 342 g/mol. The van der Waals surface area contributed by atoms with Gasteiger partial charge in [-0.3, -0.25) is 24.6 Å². The topological polar surface area (TPSA) is 105 Å². The minimum atomic E-state index is -0.697. The summed E-state index contributed by atoms with van der Waals surface area (Å²) in [7, 11) is 1.41. The Morgan fingerprint density at radius 3 is 2.70 bits per heavy atom. The smallest absolute Gasteiger partial charge is 0.291 e. The number of anilines is 1. The molecule has 2 heterocycles. The molecule has 0 unspecified atom stereocenters. The van der Waals surface area contributed by atoms with Crippen LogP contribution < -0.4 is 5.32 Å². The molecular weight excluding hydrogens is 332 g/mol. The van der Waals surface area contributed by atoms with Gasteiger partial charge in [-0.15, -0.1) is 0 Å². The molecule has 0 aliphatic carbocycles. The number of rotatable bonds is 3. The molecule has 0 radical (unpaired) electrons. The number of imide groups is 1. The normalized spacial score (nSPS) is 18.6. The second-order valence-corrected chi connectivity index (χ2v) is 5.17. The molecule has 0 bridgehead atoms. The Balaban J connectivity index is 2.28. The van der Waals surface area contributed by atoms with Crippen LogP contribution in [0.5, 0.6) is 0 Å². The van der Waals surface area contributed by atoms with Gasteiger partial charge in [-0.25, -0.2) is 4.98 Å². The number of aromatic nitrogens is 1. The summed E-state index contributed by atoms with van der Waals surface area (Å²) in [5.41, 5.74) is 0.283. The van der Waals surface area contributed by atoms with E-state index < -0.39 is 11.0 Å². The molecule has 1 N–H and O–H groups in total. The van der Waals surface area contributed by atoms with Gasteiger partial charge in [-0.05, 0) is 22.9 Å². The number of nitrogens with zero attached hydrogens (tertiary/aromatic N) is 3. The SMILES string of the molecule is Cc1c([N+](=O)[O-])cnc(N[C@H]2CC(=O)N(C)C2=O)c1Br. The fourth-order valence-electron chi connectivity index (χ4n) is 1.89. The maximum Gasteiger partial charge on any atom is 0.291 e. The lowest BCUT2D eigenvalue weighted by Crippen LogP contribution is -2.32. The zero-order chi connectivity index (χ0) is 15.0. The molecule has 9 heteroatoms. The van der Waals surface area contributed by atoms with Gasteiger partial charge < -0.3 is 5.32 Å². The molecule has 2 rings (SSSR count). The Morgan fingerprint density at radius 1 is 1.55 bits per heavy atom. The molecule has 0 aromatic carbocycles. The van der Waals surface area contributed by atoms with E-state index in [4.69, 9.17) is 0 Å². The number of likely N-dealkylation sites (tertiary alicyclic amines) is 1. The van der Waals surface area contributed by atoms with E-state index in [2.05, 4.69) is 26.2 Å². The Kier molecular flexibility index (Phi) is 3.71. The fourth-order valence-corrected chi connectivity index (χ4v) is 2.31. The average Bonchev–Trinajstić information content (AvgIpc) is 2.62. The third kappa shape index (κ3) is 2.36. The van der Waals surface area contributed by atoms with E-state index in [1.54, 1.807) is 6.92 Å². The van der Waals surface area contributed by atoms with E-state index in [9.17, 15) is 19.7 Å². The first kappa shape index (κ1) is 14.4. The van der Waals surface area contributed by atoms with Crippen molar-refractivity contribution < 1.29 is 14.5 Å². The van der Waals surface area contributed by atoms with Crippen LogP contribution in [0.4, 0.5) is 11.5 Å². The standard InChI is InChI=1S/C11H11BrN4O4/c1-5-7(16(19)20)4-13-10(9(5)12)14-6-3-8(17)15(2)11(6)18/h4,6H,3H2,1-2H3,(H,13,14)/t6-/m0/s1. The van der Waals surface area contributed by atoms with Crippen LogP contribution in [0.25, 0.3) is 0 Å². The molecule has 20 heavy (non-hydrogen) atoms. The number of nitro groups is 1. The van der Waals surface area contributed by atoms with Crippen LogP contribution >= 0.6 is 15.9 Å². The molecule has 1 fully saturated rings. The Hall–Kier alpha value is -2.03. The lowest BCUT2D eigenvalue weighted by molar-refractivity contribution is -0.385. The lowest BCUT2D eigenvalue weighted by atomic mass is 10.2. The minimum absolute atomic E-state index is 0.0412. The maximum absolute atomic E-state index is 11.8. The van der Waals surface area contributed by atoms with E-state index in [-0.39, 0.29) is 23.9 Å². The van der Waals surface area contributed by atoms with Gasteiger partial charge in [0.2, 0.25) is 5.91 Å². The van der Waals surface area contributed by atoms with Gasteiger partial charge in [0.05, 0.1) is 15.8 Å². The van der Waals surface area contributed by atoms with Crippen LogP contribution in [0, 0.1) is 17.0 Å². The summed E-state index contributed by atoms with van der Waals surface area (Å²) >= 11 is 3.22. The molecule has 0 spiro atoms. The van der Waals surface area contributed by atoms with Crippen LogP contribution in [0.1, 0.15) is 12.0 Å². The van der Waals surface area contributed by atoms with Gasteiger partial charge in [0.25, 0.3) is 11.6 Å². The number of pyridine rings is 1. The van der Waals surface area contributed by atoms with Crippen molar-refractivity contribution in [2.24, 2.45) is 0 Å². The molecule has 0 saturated carbocycles. The van der Waals surface area contributed by atoms with Crippen LogP contribution in [0.3, 0.4) is 0 Å². The molecule has 1 saturated heterocycles. The van der Waals surface area contributed by atoms with Crippen molar-refractivity contribution in [3.05, 3.63) is 26.3 Å². The summed E-state index contributed by atoms with van der Waals surface area (Å²) in [5, 5.41) is 13.6. The second kappa shape index (κ2) is 5.16. The number of amides is 2. The molecule has 1 aliphatic heterocycles. The number of hydrogen-bond acceptors (Lipinski definition) is 6. The summed E-state index contributed by atoms with van der Waals surface area (Å²) in [6, 6.07) is -0.697. The van der Waals surface area contributed by atoms with E-state index in [1.165, 1.54) is 7.05 Å². The quantitative estimate of drug-likeness (QED) is 0.503. The molecule has 1 aromatic heterocycles. The van der Waals surface area contributed by atoms with Crippen LogP contribution in [-0.4, -0.2) is 39.7 Å². The largest absolute Gasteiger partial charge is 0.357 e. The molecule has 8 nitrogen and oxygen atoms in total. The van der Waals surface area contributed by atoms with Gasteiger partial charge in [0.1, 0.15) is 18.1 Å². The summed E-state index contributed by atoms with van der Waals surface area (Å²) < 4.78 is 0.404. The number of likely N-dealkylation sites (N-methyl/N-ethyl adjacent to an activating group) is 1. The number of carbonyl (C=O) groups excluding carboxylic acids is 2.